The Kier molecular flexibility index (Phi) is 5.35. The molecule has 2 rings (SSSR count). The van der Waals surface area contributed by atoms with E-state index in [0.717, 1.165) is 5.56 Å². The van der Waals surface area contributed by atoms with Crippen LogP contribution in [0.2, 0.25) is 5.02 Å². The van der Waals surface area contributed by atoms with Crippen molar-refractivity contribution in [1.82, 2.24) is 9.97 Å². The maximum atomic E-state index is 11.2. The van der Waals surface area contributed by atoms with Gasteiger partial charge in [-0.05, 0) is 18.6 Å². The number of hydrogen-bond acceptors (Lipinski definition) is 6. The van der Waals surface area contributed by atoms with Gasteiger partial charge in [0.2, 0.25) is 5.82 Å². The lowest BCUT2D eigenvalue weighted by atomic mass is 10.2. The Bertz CT molecular complexity index is 654. The summed E-state index contributed by atoms with van der Waals surface area (Å²) in [5.74, 6) is 0.738. The van der Waals surface area contributed by atoms with Gasteiger partial charge in [0.25, 0.3) is 0 Å². The molecular weight excluding hydrogens is 312 g/mol. The highest BCUT2D eigenvalue weighted by atomic mass is 35.5. The zero-order valence-corrected chi connectivity index (χ0v) is 12.8. The highest BCUT2D eigenvalue weighted by Gasteiger charge is 2.22. The van der Waals surface area contributed by atoms with E-state index in [-0.39, 0.29) is 11.5 Å². The number of benzene rings is 1. The summed E-state index contributed by atoms with van der Waals surface area (Å²) >= 11 is 7.35. The molecule has 110 valence electrons. The normalized spacial score (nSPS) is 10.4. The first-order valence-corrected chi connectivity index (χ1v) is 7.59. The number of rotatable bonds is 6. The van der Waals surface area contributed by atoms with Crippen molar-refractivity contribution in [2.75, 3.05) is 11.9 Å². The van der Waals surface area contributed by atoms with E-state index in [0.29, 0.717) is 22.3 Å². The third-order valence-electron chi connectivity index (χ3n) is 2.64. The number of halogens is 1. The van der Waals surface area contributed by atoms with Gasteiger partial charge in [0.05, 0.1) is 4.92 Å². The number of hydrogen-bond donors (Lipinski definition) is 1. The summed E-state index contributed by atoms with van der Waals surface area (Å²) < 4.78 is 0. The first-order chi connectivity index (χ1) is 10.1. The van der Waals surface area contributed by atoms with Crippen molar-refractivity contribution < 1.29 is 4.92 Å². The van der Waals surface area contributed by atoms with E-state index in [4.69, 9.17) is 11.6 Å². The summed E-state index contributed by atoms with van der Waals surface area (Å²) in [4.78, 5) is 18.7. The summed E-state index contributed by atoms with van der Waals surface area (Å²) in [5, 5.41) is 15.1. The van der Waals surface area contributed by atoms with Crippen LogP contribution >= 0.6 is 23.4 Å². The van der Waals surface area contributed by atoms with Crippen LogP contribution in [0.25, 0.3) is 0 Å². The molecular formula is C13H13ClN4O2S. The summed E-state index contributed by atoms with van der Waals surface area (Å²) in [7, 11) is 0. The van der Waals surface area contributed by atoms with Crippen LogP contribution in [0.1, 0.15) is 12.5 Å². The summed E-state index contributed by atoms with van der Waals surface area (Å²) in [6.45, 7) is 2.40. The van der Waals surface area contributed by atoms with E-state index in [9.17, 15) is 10.1 Å². The lowest BCUT2D eigenvalue weighted by molar-refractivity contribution is -0.387. The molecule has 0 atom stereocenters. The Morgan fingerprint density at radius 2 is 2.14 bits per heavy atom. The van der Waals surface area contributed by atoms with Gasteiger partial charge >= 0.3 is 5.69 Å². The quantitative estimate of drug-likeness (QED) is 0.377. The molecule has 21 heavy (non-hydrogen) atoms. The number of aromatic nitrogens is 2. The molecule has 0 aliphatic heterocycles. The van der Waals surface area contributed by atoms with Crippen LogP contribution in [0, 0.1) is 10.1 Å². The molecule has 0 aliphatic carbocycles. The van der Waals surface area contributed by atoms with Gasteiger partial charge in [0, 0.05) is 17.3 Å². The summed E-state index contributed by atoms with van der Waals surface area (Å²) in [6.07, 6.45) is 1.32. The van der Waals surface area contributed by atoms with Crippen molar-refractivity contribution in [2.45, 2.75) is 17.7 Å². The molecule has 1 aromatic heterocycles. The highest BCUT2D eigenvalue weighted by Crippen LogP contribution is 2.34. The first-order valence-electron chi connectivity index (χ1n) is 6.23. The molecule has 0 aliphatic rings. The van der Waals surface area contributed by atoms with Gasteiger partial charge in [-0.25, -0.2) is 9.97 Å². The molecule has 0 spiro atoms. The second-order valence-corrected chi connectivity index (χ2v) is 5.41. The zero-order chi connectivity index (χ0) is 15.2. The van der Waals surface area contributed by atoms with Crippen LogP contribution in [0.4, 0.5) is 11.5 Å². The number of nitrogens with one attached hydrogen (secondary N) is 1. The smallest absolute Gasteiger partial charge is 0.343 e. The molecule has 1 heterocycles. The molecule has 0 saturated heterocycles. The lowest BCUT2D eigenvalue weighted by Gasteiger charge is -2.07. The van der Waals surface area contributed by atoms with Crippen LogP contribution in [0.3, 0.4) is 0 Å². The maximum absolute atomic E-state index is 11.2. The van der Waals surface area contributed by atoms with Gasteiger partial charge in [-0.15, -0.1) is 0 Å². The molecule has 1 N–H and O–H groups in total. The van der Waals surface area contributed by atoms with Gasteiger partial charge in [-0.1, -0.05) is 41.6 Å². The largest absolute Gasteiger partial charge is 0.364 e. The van der Waals surface area contributed by atoms with E-state index >= 15 is 0 Å². The summed E-state index contributed by atoms with van der Waals surface area (Å²) in [6, 6.07) is 7.39. The summed E-state index contributed by atoms with van der Waals surface area (Å²) in [5.41, 5.74) is 0.804. The Balaban J connectivity index is 2.25. The molecule has 8 heteroatoms. The van der Waals surface area contributed by atoms with Crippen LogP contribution in [-0.2, 0) is 5.75 Å². The predicted octanol–water partition coefficient (Wildman–Crippen LogP) is 3.76. The van der Waals surface area contributed by atoms with Gasteiger partial charge < -0.3 is 5.32 Å². The predicted molar refractivity (Wildman–Crippen MR) is 83.9 cm³/mol. The fraction of sp³-hybridized carbons (Fsp3) is 0.231. The lowest BCUT2D eigenvalue weighted by Crippen LogP contribution is -2.05. The van der Waals surface area contributed by atoms with Crippen LogP contribution in [0.5, 0.6) is 0 Å². The average molecular weight is 325 g/mol. The minimum atomic E-state index is -0.465. The van der Waals surface area contributed by atoms with Crippen molar-refractivity contribution in [3.63, 3.8) is 0 Å². The van der Waals surface area contributed by atoms with Gasteiger partial charge in [-0.3, -0.25) is 10.1 Å². The van der Waals surface area contributed by atoms with E-state index in [2.05, 4.69) is 15.3 Å². The molecule has 0 bridgehead atoms. The fourth-order valence-corrected chi connectivity index (χ4v) is 2.95. The fourth-order valence-electron chi connectivity index (χ4n) is 1.69. The van der Waals surface area contributed by atoms with E-state index < -0.39 is 4.92 Å². The molecule has 1 aromatic carbocycles. The first kappa shape index (κ1) is 15.5. The van der Waals surface area contributed by atoms with Gasteiger partial charge in [-0.2, -0.15) is 0 Å². The highest BCUT2D eigenvalue weighted by molar-refractivity contribution is 7.98. The minimum Gasteiger partial charge on any atom is -0.364 e. The topological polar surface area (TPSA) is 81.0 Å². The molecule has 0 amide bonds. The van der Waals surface area contributed by atoms with E-state index in [1.807, 2.05) is 25.1 Å². The zero-order valence-electron chi connectivity index (χ0n) is 11.2. The van der Waals surface area contributed by atoms with Crippen molar-refractivity contribution >= 4 is 34.9 Å². The number of thioether (sulfide) groups is 1. The second kappa shape index (κ2) is 7.24. The van der Waals surface area contributed by atoms with Gasteiger partial charge in [0.15, 0.2) is 5.03 Å². The molecule has 2 aromatic rings. The number of nitro groups is 1. The third-order valence-corrected chi connectivity index (χ3v) is 4.03. The second-order valence-electron chi connectivity index (χ2n) is 4.04. The number of anilines is 1. The van der Waals surface area contributed by atoms with Crippen molar-refractivity contribution in [3.05, 3.63) is 51.3 Å². The Morgan fingerprint density at radius 1 is 1.38 bits per heavy atom. The van der Waals surface area contributed by atoms with Crippen molar-refractivity contribution in [2.24, 2.45) is 0 Å². The molecule has 0 unspecified atom stereocenters. The SMILES string of the molecule is CCNc1ncnc(SCc2ccccc2Cl)c1[N+](=O)[O-]. The van der Waals surface area contributed by atoms with Crippen molar-refractivity contribution in [1.29, 1.82) is 0 Å². The van der Waals surface area contributed by atoms with E-state index in [1.165, 1.54) is 18.1 Å². The van der Waals surface area contributed by atoms with E-state index in [1.54, 1.807) is 6.07 Å². The average Bonchev–Trinajstić information content (AvgIpc) is 2.46. The Morgan fingerprint density at radius 3 is 2.81 bits per heavy atom. The van der Waals surface area contributed by atoms with Gasteiger partial charge in [0.1, 0.15) is 6.33 Å². The minimum absolute atomic E-state index is 0.101. The van der Waals surface area contributed by atoms with Crippen LogP contribution < -0.4 is 5.32 Å². The third kappa shape index (κ3) is 3.83. The monoisotopic (exact) mass is 324 g/mol. The number of nitrogens with zero attached hydrogens (tertiary/aromatic N) is 3. The Labute approximate surface area is 131 Å². The van der Waals surface area contributed by atoms with Crippen LogP contribution in [0.15, 0.2) is 35.6 Å². The maximum Gasteiger partial charge on any atom is 0.343 e. The van der Waals surface area contributed by atoms with Crippen LogP contribution in [-0.4, -0.2) is 21.4 Å². The standard InChI is InChI=1S/C13H13ClN4O2S/c1-2-15-12-11(18(19)20)13(17-8-16-12)21-7-9-5-3-4-6-10(9)14/h3-6,8H,2,7H2,1H3,(H,15,16,17). The molecule has 0 saturated carbocycles. The Hall–Kier alpha value is -1.86. The van der Waals surface area contributed by atoms with Crippen molar-refractivity contribution in [3.8, 4) is 0 Å². The molecule has 0 fully saturated rings. The molecule has 6 nitrogen and oxygen atoms in total. The molecule has 0 radical (unpaired) electrons.